The van der Waals surface area contributed by atoms with Gasteiger partial charge in [0.25, 0.3) is 5.91 Å². The molecule has 0 radical (unpaired) electrons. The summed E-state index contributed by atoms with van der Waals surface area (Å²) in [5, 5.41) is 0. The lowest BCUT2D eigenvalue weighted by Gasteiger charge is -2.32. The van der Waals surface area contributed by atoms with E-state index in [9.17, 15) is 4.79 Å². The van der Waals surface area contributed by atoms with Crippen molar-refractivity contribution < 1.29 is 19.0 Å². The van der Waals surface area contributed by atoms with Crippen LogP contribution in [0.2, 0.25) is 0 Å². The molecule has 1 amide bonds. The van der Waals surface area contributed by atoms with Gasteiger partial charge in [0.1, 0.15) is 5.75 Å². The quantitative estimate of drug-likeness (QED) is 0.605. The Bertz CT molecular complexity index is 1020. The maximum absolute atomic E-state index is 12.8. The summed E-state index contributed by atoms with van der Waals surface area (Å²) in [7, 11) is 0. The number of hydrogen-bond acceptors (Lipinski definition) is 5. The molecule has 2 saturated heterocycles. The van der Waals surface area contributed by atoms with Crippen LogP contribution in [0.25, 0.3) is 11.1 Å². The minimum atomic E-state index is 0.0873. The van der Waals surface area contributed by atoms with Gasteiger partial charge in [0.2, 0.25) is 6.79 Å². The number of benzene rings is 2. The SMILES string of the molecule is CC1CCN(C(=O)COc2ccc(-c3ccc4c(c3)OCO4)cc2CN2CCC[C@@H](C)C2)CC1. The molecule has 182 valence electrons. The molecule has 6 nitrogen and oxygen atoms in total. The minimum absolute atomic E-state index is 0.0873. The summed E-state index contributed by atoms with van der Waals surface area (Å²) < 4.78 is 17.2. The van der Waals surface area contributed by atoms with Crippen LogP contribution < -0.4 is 14.2 Å². The average molecular weight is 465 g/mol. The highest BCUT2D eigenvalue weighted by Gasteiger charge is 2.22. The first-order valence-corrected chi connectivity index (χ1v) is 12.7. The van der Waals surface area contributed by atoms with E-state index in [1.165, 1.54) is 12.8 Å². The van der Waals surface area contributed by atoms with Crippen molar-refractivity contribution in [1.29, 1.82) is 0 Å². The summed E-state index contributed by atoms with van der Waals surface area (Å²) in [6.45, 7) is 9.65. The fraction of sp³-hybridized carbons (Fsp3) is 0.536. The first-order valence-electron chi connectivity index (χ1n) is 12.7. The van der Waals surface area contributed by atoms with Gasteiger partial charge in [-0.3, -0.25) is 9.69 Å². The molecular weight excluding hydrogens is 428 g/mol. The van der Waals surface area contributed by atoms with Crippen LogP contribution in [0, 0.1) is 11.8 Å². The summed E-state index contributed by atoms with van der Waals surface area (Å²) in [6.07, 6.45) is 4.67. The number of fused-ring (bicyclic) bond motifs is 1. The molecule has 3 aliphatic heterocycles. The Kier molecular flexibility index (Phi) is 6.95. The van der Waals surface area contributed by atoms with E-state index in [1.807, 2.05) is 23.1 Å². The largest absolute Gasteiger partial charge is 0.483 e. The normalized spacial score (nSPS) is 21.0. The second-order valence-corrected chi connectivity index (χ2v) is 10.2. The second-order valence-electron chi connectivity index (χ2n) is 10.2. The van der Waals surface area contributed by atoms with Crippen LogP contribution in [-0.4, -0.2) is 55.3 Å². The predicted molar refractivity (Wildman–Crippen MR) is 132 cm³/mol. The van der Waals surface area contributed by atoms with Gasteiger partial charge in [-0.15, -0.1) is 0 Å². The second kappa shape index (κ2) is 10.3. The van der Waals surface area contributed by atoms with Gasteiger partial charge in [0.05, 0.1) is 0 Å². The van der Waals surface area contributed by atoms with E-state index in [2.05, 4.69) is 36.9 Å². The van der Waals surface area contributed by atoms with Crippen LogP contribution >= 0.6 is 0 Å². The smallest absolute Gasteiger partial charge is 0.260 e. The maximum atomic E-state index is 12.8. The molecule has 0 bridgehead atoms. The summed E-state index contributed by atoms with van der Waals surface area (Å²) in [5.41, 5.74) is 3.33. The lowest BCUT2D eigenvalue weighted by atomic mass is 9.98. The number of likely N-dealkylation sites (tertiary alicyclic amines) is 2. The Balaban J connectivity index is 1.34. The molecule has 6 heteroatoms. The molecule has 1 atom stereocenters. The molecule has 2 aromatic carbocycles. The lowest BCUT2D eigenvalue weighted by molar-refractivity contribution is -0.134. The molecule has 34 heavy (non-hydrogen) atoms. The van der Waals surface area contributed by atoms with Crippen molar-refractivity contribution in [2.24, 2.45) is 11.8 Å². The number of rotatable bonds is 6. The third-order valence-corrected chi connectivity index (χ3v) is 7.39. The summed E-state index contributed by atoms with van der Waals surface area (Å²) in [6, 6.07) is 12.4. The van der Waals surface area contributed by atoms with Crippen LogP contribution in [-0.2, 0) is 11.3 Å². The molecule has 0 unspecified atom stereocenters. The molecule has 2 fully saturated rings. The van der Waals surface area contributed by atoms with Crippen molar-refractivity contribution in [1.82, 2.24) is 9.80 Å². The van der Waals surface area contributed by atoms with Gasteiger partial charge in [-0.2, -0.15) is 0 Å². The lowest BCUT2D eigenvalue weighted by Crippen LogP contribution is -2.40. The van der Waals surface area contributed by atoms with Crippen molar-refractivity contribution in [3.8, 4) is 28.4 Å². The zero-order valence-electron chi connectivity index (χ0n) is 20.4. The maximum Gasteiger partial charge on any atom is 0.260 e. The number of carbonyl (C=O) groups excluding carboxylic acids is 1. The standard InChI is InChI=1S/C28H36N2O4/c1-20-9-12-30(13-10-20)28(31)18-32-25-7-5-22(23-6-8-26-27(15-23)34-19-33-26)14-24(25)17-29-11-3-4-21(2)16-29/h5-8,14-15,20-21H,3-4,9-13,16-19H2,1-2H3/t21-/m1/s1. The number of carbonyl (C=O) groups is 1. The Morgan fingerprint density at radius 2 is 1.71 bits per heavy atom. The van der Waals surface area contributed by atoms with Gasteiger partial charge >= 0.3 is 0 Å². The zero-order chi connectivity index (χ0) is 23.5. The van der Waals surface area contributed by atoms with Crippen LogP contribution in [0.5, 0.6) is 17.2 Å². The third-order valence-electron chi connectivity index (χ3n) is 7.39. The van der Waals surface area contributed by atoms with Crippen molar-refractivity contribution in [2.45, 2.75) is 46.1 Å². The molecule has 0 aliphatic carbocycles. The molecule has 5 rings (SSSR count). The Labute approximate surface area is 202 Å². The highest BCUT2D eigenvalue weighted by Crippen LogP contribution is 2.37. The highest BCUT2D eigenvalue weighted by atomic mass is 16.7. The number of amides is 1. The fourth-order valence-electron chi connectivity index (χ4n) is 5.26. The number of hydrogen-bond donors (Lipinski definition) is 0. The average Bonchev–Trinajstić information content (AvgIpc) is 3.31. The third kappa shape index (κ3) is 5.33. The first-order chi connectivity index (χ1) is 16.5. The summed E-state index contributed by atoms with van der Waals surface area (Å²) in [4.78, 5) is 17.2. The highest BCUT2D eigenvalue weighted by molar-refractivity contribution is 5.78. The molecule has 0 saturated carbocycles. The van der Waals surface area contributed by atoms with Crippen LogP contribution in [0.15, 0.2) is 36.4 Å². The van der Waals surface area contributed by atoms with Crippen LogP contribution in [0.3, 0.4) is 0 Å². The molecule has 0 N–H and O–H groups in total. The van der Waals surface area contributed by atoms with Crippen molar-refractivity contribution in [2.75, 3.05) is 39.6 Å². The first kappa shape index (κ1) is 23.0. The Morgan fingerprint density at radius 3 is 2.53 bits per heavy atom. The van der Waals surface area contributed by atoms with Gasteiger partial charge in [0, 0.05) is 31.7 Å². The topological polar surface area (TPSA) is 51.2 Å². The zero-order valence-corrected chi connectivity index (χ0v) is 20.4. The van der Waals surface area contributed by atoms with Gasteiger partial charge in [-0.1, -0.05) is 26.0 Å². The van der Waals surface area contributed by atoms with E-state index >= 15 is 0 Å². The fourth-order valence-corrected chi connectivity index (χ4v) is 5.26. The monoisotopic (exact) mass is 464 g/mol. The van der Waals surface area contributed by atoms with Crippen molar-refractivity contribution in [3.05, 3.63) is 42.0 Å². The number of piperidine rings is 2. The van der Waals surface area contributed by atoms with Crippen LogP contribution in [0.1, 0.15) is 45.1 Å². The Hall–Kier alpha value is -2.73. The molecule has 0 spiro atoms. The van der Waals surface area contributed by atoms with E-state index in [4.69, 9.17) is 14.2 Å². The number of nitrogens with zero attached hydrogens (tertiary/aromatic N) is 2. The molecule has 0 aromatic heterocycles. The van der Waals surface area contributed by atoms with E-state index in [0.717, 1.165) is 79.5 Å². The van der Waals surface area contributed by atoms with E-state index in [0.29, 0.717) is 11.8 Å². The van der Waals surface area contributed by atoms with Crippen molar-refractivity contribution in [3.63, 3.8) is 0 Å². The van der Waals surface area contributed by atoms with Gasteiger partial charge in [-0.05, 0) is 79.5 Å². The van der Waals surface area contributed by atoms with Crippen LogP contribution in [0.4, 0.5) is 0 Å². The predicted octanol–water partition coefficient (Wildman–Crippen LogP) is 4.95. The van der Waals surface area contributed by atoms with E-state index in [-0.39, 0.29) is 19.3 Å². The number of ether oxygens (including phenoxy) is 3. The summed E-state index contributed by atoms with van der Waals surface area (Å²) >= 11 is 0. The molecule has 2 aromatic rings. The van der Waals surface area contributed by atoms with Gasteiger partial charge < -0.3 is 19.1 Å². The molecule has 3 heterocycles. The van der Waals surface area contributed by atoms with Gasteiger partial charge in [-0.25, -0.2) is 0 Å². The van der Waals surface area contributed by atoms with Crippen molar-refractivity contribution >= 4 is 5.91 Å². The molecular formula is C28H36N2O4. The Morgan fingerprint density at radius 1 is 0.941 bits per heavy atom. The molecule has 3 aliphatic rings. The van der Waals surface area contributed by atoms with E-state index in [1.54, 1.807) is 0 Å². The van der Waals surface area contributed by atoms with E-state index < -0.39 is 0 Å². The minimum Gasteiger partial charge on any atom is -0.483 e. The summed E-state index contributed by atoms with van der Waals surface area (Å²) in [5.74, 6) is 3.87. The van der Waals surface area contributed by atoms with Gasteiger partial charge in [0.15, 0.2) is 18.1 Å².